The molecule has 22 heavy (non-hydrogen) atoms. The highest BCUT2D eigenvalue weighted by Crippen LogP contribution is 2.35. The minimum atomic E-state index is -0.265. The van der Waals surface area contributed by atoms with E-state index in [2.05, 4.69) is 40.7 Å². The van der Waals surface area contributed by atoms with Crippen LogP contribution in [0.2, 0.25) is 0 Å². The van der Waals surface area contributed by atoms with Gasteiger partial charge in [-0.2, -0.15) is 0 Å². The lowest BCUT2D eigenvalue weighted by Gasteiger charge is -2.43. The first kappa shape index (κ1) is 18.9. The predicted molar refractivity (Wildman–Crippen MR) is 95.9 cm³/mol. The number of allylic oxidation sites excluding steroid dienone is 1. The number of nitrogens with two attached hydrogens (primary N) is 4. The molecule has 0 saturated carbocycles. The largest absolute Gasteiger partial charge is 0.399 e. The fraction of sp³-hybridized carbons (Fsp3) is 0.667. The van der Waals surface area contributed by atoms with Crippen molar-refractivity contribution < 1.29 is 0 Å². The molecule has 0 aromatic heterocycles. The average Bonchev–Trinajstić information content (AvgIpc) is 2.31. The molecule has 0 spiro atoms. The number of rotatable bonds is 0. The van der Waals surface area contributed by atoms with E-state index in [0.717, 1.165) is 12.1 Å². The zero-order valence-corrected chi connectivity index (χ0v) is 15.0. The summed E-state index contributed by atoms with van der Waals surface area (Å²) in [5, 5.41) is 0. The third-order valence-corrected chi connectivity index (χ3v) is 5.23. The van der Waals surface area contributed by atoms with E-state index < -0.39 is 0 Å². The smallest absolute Gasteiger partial charge is 0.0394 e. The Morgan fingerprint density at radius 1 is 1.05 bits per heavy atom. The van der Waals surface area contributed by atoms with Crippen LogP contribution in [-0.2, 0) is 0 Å². The highest BCUT2D eigenvalue weighted by atomic mass is 14.8. The Balaban J connectivity index is 0.000000224. The summed E-state index contributed by atoms with van der Waals surface area (Å²) in [4.78, 5) is 0. The van der Waals surface area contributed by atoms with Gasteiger partial charge in [-0.15, -0.1) is 0 Å². The first-order chi connectivity index (χ1) is 9.78. The Bertz CT molecular complexity index is 495. The van der Waals surface area contributed by atoms with Gasteiger partial charge < -0.3 is 22.9 Å². The van der Waals surface area contributed by atoms with E-state index in [-0.39, 0.29) is 16.6 Å². The van der Waals surface area contributed by atoms with E-state index >= 15 is 0 Å². The molecule has 5 unspecified atom stereocenters. The van der Waals surface area contributed by atoms with Gasteiger partial charge in [0.05, 0.1) is 0 Å². The lowest BCUT2D eigenvalue weighted by atomic mass is 9.69. The van der Waals surface area contributed by atoms with Crippen LogP contribution in [0.5, 0.6) is 0 Å². The minimum absolute atomic E-state index is 0.150. The van der Waals surface area contributed by atoms with Crippen LogP contribution in [-0.4, -0.2) is 16.6 Å². The quantitative estimate of drug-likeness (QED) is 0.515. The summed E-state index contributed by atoms with van der Waals surface area (Å²) < 4.78 is 0. The lowest BCUT2D eigenvalue weighted by molar-refractivity contribution is 0.262. The zero-order valence-electron chi connectivity index (χ0n) is 15.0. The van der Waals surface area contributed by atoms with Crippen LogP contribution in [0.25, 0.3) is 0 Å². The maximum atomic E-state index is 6.13. The van der Waals surface area contributed by atoms with Gasteiger partial charge in [-0.3, -0.25) is 0 Å². The first-order valence-electron chi connectivity index (χ1n) is 8.00. The van der Waals surface area contributed by atoms with Gasteiger partial charge in [0.2, 0.25) is 0 Å². The van der Waals surface area contributed by atoms with Crippen LogP contribution in [0.15, 0.2) is 35.6 Å². The molecule has 0 radical (unpaired) electrons. The van der Waals surface area contributed by atoms with Crippen LogP contribution in [0.1, 0.15) is 48.0 Å². The fourth-order valence-electron chi connectivity index (χ4n) is 2.85. The summed E-state index contributed by atoms with van der Waals surface area (Å²) >= 11 is 0. The third-order valence-electron chi connectivity index (χ3n) is 5.23. The predicted octanol–water partition coefficient (Wildman–Crippen LogP) is 2.16. The van der Waals surface area contributed by atoms with E-state index in [4.69, 9.17) is 22.9 Å². The summed E-state index contributed by atoms with van der Waals surface area (Å²) in [5.41, 5.74) is 25.1. The maximum Gasteiger partial charge on any atom is 0.0394 e. The molecule has 2 aliphatic rings. The lowest BCUT2D eigenvalue weighted by Crippen LogP contribution is -2.55. The molecule has 4 nitrogen and oxygen atoms in total. The number of hydrogen-bond acceptors (Lipinski definition) is 4. The van der Waals surface area contributed by atoms with Gasteiger partial charge in [-0.05, 0) is 58.1 Å². The monoisotopic (exact) mass is 306 g/mol. The Morgan fingerprint density at radius 3 is 2.00 bits per heavy atom. The molecule has 0 aliphatic heterocycles. The molecule has 0 amide bonds. The molecular weight excluding hydrogens is 272 g/mol. The molecule has 0 saturated heterocycles. The van der Waals surface area contributed by atoms with Gasteiger partial charge in [0.25, 0.3) is 0 Å². The summed E-state index contributed by atoms with van der Waals surface area (Å²) in [6.07, 6.45) is 8.90. The maximum absolute atomic E-state index is 6.13. The third kappa shape index (κ3) is 4.45. The van der Waals surface area contributed by atoms with Crippen molar-refractivity contribution in [3.05, 3.63) is 35.6 Å². The van der Waals surface area contributed by atoms with Crippen molar-refractivity contribution in [3.63, 3.8) is 0 Å². The van der Waals surface area contributed by atoms with Gasteiger partial charge >= 0.3 is 0 Å². The summed E-state index contributed by atoms with van der Waals surface area (Å²) in [7, 11) is 0. The second kappa shape index (κ2) is 6.19. The van der Waals surface area contributed by atoms with Gasteiger partial charge in [-0.25, -0.2) is 0 Å². The molecule has 0 bridgehead atoms. The van der Waals surface area contributed by atoms with Crippen molar-refractivity contribution >= 4 is 0 Å². The van der Waals surface area contributed by atoms with E-state index in [1.807, 2.05) is 25.2 Å². The van der Waals surface area contributed by atoms with E-state index in [9.17, 15) is 0 Å². The Morgan fingerprint density at radius 2 is 1.59 bits per heavy atom. The molecule has 0 heterocycles. The van der Waals surface area contributed by atoms with Gasteiger partial charge in [0.15, 0.2) is 0 Å². The normalized spacial score (nSPS) is 44.6. The highest BCUT2D eigenvalue weighted by molar-refractivity contribution is 5.28. The molecule has 4 heteroatoms. The zero-order chi connectivity index (χ0) is 17.3. The second-order valence-electron chi connectivity index (χ2n) is 7.90. The molecular formula is C18H34N4. The summed E-state index contributed by atoms with van der Waals surface area (Å²) in [6, 6.07) is 0. The van der Waals surface area contributed by atoms with Gasteiger partial charge in [-0.1, -0.05) is 31.6 Å². The Labute approximate surface area is 135 Å². The van der Waals surface area contributed by atoms with Crippen LogP contribution in [0, 0.1) is 11.8 Å². The van der Waals surface area contributed by atoms with E-state index in [1.54, 1.807) is 0 Å². The summed E-state index contributed by atoms with van der Waals surface area (Å²) in [5.74, 6) is 0.800. The van der Waals surface area contributed by atoms with Gasteiger partial charge in [0.1, 0.15) is 0 Å². The van der Waals surface area contributed by atoms with Crippen molar-refractivity contribution in [1.82, 2.24) is 0 Å². The van der Waals surface area contributed by atoms with Crippen molar-refractivity contribution in [2.45, 2.75) is 64.6 Å². The van der Waals surface area contributed by atoms with Crippen LogP contribution in [0.3, 0.4) is 0 Å². The fourth-order valence-corrected chi connectivity index (χ4v) is 2.85. The molecule has 0 aromatic rings. The van der Waals surface area contributed by atoms with Crippen LogP contribution < -0.4 is 22.9 Å². The molecule has 5 atom stereocenters. The number of hydrogen-bond donors (Lipinski definition) is 4. The molecule has 126 valence electrons. The van der Waals surface area contributed by atoms with E-state index in [0.29, 0.717) is 11.8 Å². The topological polar surface area (TPSA) is 104 Å². The van der Waals surface area contributed by atoms with Crippen molar-refractivity contribution in [2.24, 2.45) is 34.8 Å². The first-order valence-corrected chi connectivity index (χ1v) is 8.00. The SMILES string of the molecule is CC1=CC(C)C(C)(N)CC1(C)N.CC1C=CC(N)=CC1(C)N. The molecule has 2 rings (SSSR count). The average molecular weight is 306 g/mol. The van der Waals surface area contributed by atoms with Gasteiger partial charge in [0, 0.05) is 22.3 Å². The van der Waals surface area contributed by atoms with Crippen LogP contribution >= 0.6 is 0 Å². The van der Waals surface area contributed by atoms with Crippen molar-refractivity contribution in [3.8, 4) is 0 Å². The minimum Gasteiger partial charge on any atom is -0.399 e. The molecule has 0 fully saturated rings. The second-order valence-corrected chi connectivity index (χ2v) is 7.90. The molecule has 0 aromatic carbocycles. The molecule has 8 N–H and O–H groups in total. The summed E-state index contributed by atoms with van der Waals surface area (Å²) in [6.45, 7) is 12.4. The molecule has 2 aliphatic carbocycles. The van der Waals surface area contributed by atoms with Crippen molar-refractivity contribution in [2.75, 3.05) is 0 Å². The standard InChI is InChI=1S/C10H20N2.C8H14N2/c1-7-5-8(2)10(4,12)6-9(7,3)11;1-6-3-4-7(9)5-8(6,2)10/h5,7H,6,11-12H2,1-4H3;3-6H,9-10H2,1-2H3. The van der Waals surface area contributed by atoms with E-state index in [1.165, 1.54) is 5.57 Å². The highest BCUT2D eigenvalue weighted by Gasteiger charge is 2.38. The Hall–Kier alpha value is -1.10. The van der Waals surface area contributed by atoms with Crippen LogP contribution in [0.4, 0.5) is 0 Å². The van der Waals surface area contributed by atoms with Crippen molar-refractivity contribution in [1.29, 1.82) is 0 Å². The Kier molecular flexibility index (Phi) is 5.33.